The molecule has 5 aromatic heterocycles. The van der Waals surface area contributed by atoms with Gasteiger partial charge in [-0.05, 0) is 25.0 Å². The zero-order valence-electron chi connectivity index (χ0n) is 20.2. The average molecular weight is 542 g/mol. The van der Waals surface area contributed by atoms with Crippen LogP contribution in [0.5, 0.6) is 6.01 Å². The predicted molar refractivity (Wildman–Crippen MR) is 150 cm³/mol. The molecule has 0 aliphatic carbocycles. The lowest BCUT2D eigenvalue weighted by Crippen LogP contribution is -2.51. The van der Waals surface area contributed by atoms with Gasteiger partial charge < -0.3 is 15.0 Å². The molecule has 7 heterocycles. The summed E-state index contributed by atoms with van der Waals surface area (Å²) in [5, 5.41) is 14.1. The minimum absolute atomic E-state index is 0.251. The van der Waals surface area contributed by atoms with Crippen LogP contribution in [0, 0.1) is 17.5 Å². The second-order valence-corrected chi connectivity index (χ2v) is 11.7. The standard InChI is InChI=1S/C27H20FN7OS2/c1-3-14-19-18(37-24(14)28)8-17-16(9-30-34-17)20(19)22-23-15(6-7-29-22)21-25(32-27(36-2)33-26(21)38-23)35-10-12-4-5-13(11-35)31-12/h1,6-9,12-13,31H,4-5,10-11H2,2H3,(H,30,34). The summed E-state index contributed by atoms with van der Waals surface area (Å²) in [6, 6.07) is 5.16. The van der Waals surface area contributed by atoms with E-state index in [1.165, 1.54) is 24.2 Å². The highest BCUT2D eigenvalue weighted by atomic mass is 32.1. The molecule has 2 fully saturated rings. The third-order valence-electron chi connectivity index (χ3n) is 7.64. The lowest BCUT2D eigenvalue weighted by Gasteiger charge is -2.34. The van der Waals surface area contributed by atoms with Crippen LogP contribution in [-0.2, 0) is 0 Å². The summed E-state index contributed by atoms with van der Waals surface area (Å²) >= 11 is 2.58. The topological polar surface area (TPSA) is 91.8 Å². The van der Waals surface area contributed by atoms with Crippen LogP contribution in [-0.4, -0.2) is 57.4 Å². The summed E-state index contributed by atoms with van der Waals surface area (Å²) in [5.74, 6) is 3.45. The van der Waals surface area contributed by atoms with Crippen LogP contribution in [0.4, 0.5) is 10.2 Å². The smallest absolute Gasteiger partial charge is 0.319 e. The van der Waals surface area contributed by atoms with Crippen molar-refractivity contribution in [3.8, 4) is 29.6 Å². The van der Waals surface area contributed by atoms with E-state index in [9.17, 15) is 4.39 Å². The van der Waals surface area contributed by atoms with Crippen LogP contribution in [0.2, 0.25) is 0 Å². The van der Waals surface area contributed by atoms with E-state index in [-0.39, 0.29) is 10.7 Å². The first-order valence-corrected chi connectivity index (χ1v) is 14.0. The van der Waals surface area contributed by atoms with Gasteiger partial charge >= 0.3 is 6.01 Å². The molecule has 0 saturated carbocycles. The number of hydrogen-bond acceptors (Lipinski definition) is 9. The number of pyridine rings is 1. The zero-order chi connectivity index (χ0) is 25.5. The number of terminal acetylenes is 1. The highest BCUT2D eigenvalue weighted by Crippen LogP contribution is 2.47. The van der Waals surface area contributed by atoms with E-state index in [0.717, 1.165) is 77.4 Å². The van der Waals surface area contributed by atoms with E-state index in [0.29, 0.717) is 23.5 Å². The molecule has 11 heteroatoms. The summed E-state index contributed by atoms with van der Waals surface area (Å²) in [5.41, 5.74) is 2.55. The Morgan fingerprint density at radius 3 is 2.79 bits per heavy atom. The molecule has 8 nitrogen and oxygen atoms in total. The number of methoxy groups -OCH3 is 1. The van der Waals surface area contributed by atoms with Crippen LogP contribution in [0.25, 0.3) is 52.5 Å². The summed E-state index contributed by atoms with van der Waals surface area (Å²) < 4.78 is 22.2. The Morgan fingerprint density at radius 1 is 1.16 bits per heavy atom. The van der Waals surface area contributed by atoms with E-state index in [2.05, 4.69) is 26.3 Å². The quantitative estimate of drug-likeness (QED) is 0.302. The van der Waals surface area contributed by atoms with Crippen LogP contribution in [0.15, 0.2) is 24.5 Å². The van der Waals surface area contributed by atoms with Crippen molar-refractivity contribution >= 4 is 69.8 Å². The highest BCUT2D eigenvalue weighted by molar-refractivity contribution is 7.26. The van der Waals surface area contributed by atoms with Crippen molar-refractivity contribution < 1.29 is 9.13 Å². The van der Waals surface area contributed by atoms with Crippen molar-refractivity contribution in [3.05, 3.63) is 35.2 Å². The molecule has 38 heavy (non-hydrogen) atoms. The fraction of sp³-hybridized carbons (Fsp3) is 0.259. The second kappa shape index (κ2) is 8.07. The molecule has 1 aromatic carbocycles. The third-order valence-corrected chi connectivity index (χ3v) is 9.68. The van der Waals surface area contributed by atoms with Crippen molar-refractivity contribution in [3.63, 3.8) is 0 Å². The Kier molecular flexibility index (Phi) is 4.71. The largest absolute Gasteiger partial charge is 0.467 e. The zero-order valence-corrected chi connectivity index (χ0v) is 21.8. The molecule has 6 aromatic rings. The summed E-state index contributed by atoms with van der Waals surface area (Å²) in [6.45, 7) is 1.77. The second-order valence-electron chi connectivity index (χ2n) is 9.75. The number of aromatic nitrogens is 5. The molecule has 8 rings (SSSR count). The van der Waals surface area contributed by atoms with Gasteiger partial charge in [-0.3, -0.25) is 10.1 Å². The van der Waals surface area contributed by atoms with Crippen LogP contribution in [0.3, 0.4) is 0 Å². The number of fused-ring (bicyclic) bond motifs is 7. The van der Waals surface area contributed by atoms with Crippen LogP contribution < -0.4 is 15.0 Å². The number of hydrogen-bond donors (Lipinski definition) is 2. The van der Waals surface area contributed by atoms with Crippen molar-refractivity contribution in [2.75, 3.05) is 25.1 Å². The number of anilines is 1. The maximum Gasteiger partial charge on any atom is 0.319 e. The van der Waals surface area contributed by atoms with E-state index in [4.69, 9.17) is 26.1 Å². The minimum Gasteiger partial charge on any atom is -0.467 e. The molecule has 0 spiro atoms. The van der Waals surface area contributed by atoms with Gasteiger partial charge in [0, 0.05) is 57.8 Å². The molecule has 2 aliphatic rings. The van der Waals surface area contributed by atoms with Gasteiger partial charge in [0.05, 0.1) is 40.2 Å². The Labute approximate surface area is 223 Å². The SMILES string of the molecule is C#Cc1c(F)sc2cc3[nH]ncc3c(-c3nccc4c3sc3nc(OC)nc(N5CC6CCC(C5)N6)c34)c12. The summed E-state index contributed by atoms with van der Waals surface area (Å²) in [6.07, 6.45) is 11.7. The van der Waals surface area contributed by atoms with Crippen molar-refractivity contribution in [2.45, 2.75) is 24.9 Å². The first-order valence-electron chi connectivity index (χ1n) is 12.3. The fourth-order valence-electron chi connectivity index (χ4n) is 6.05. The molecule has 0 radical (unpaired) electrons. The molecule has 2 aliphatic heterocycles. The van der Waals surface area contributed by atoms with Crippen LogP contribution >= 0.6 is 22.7 Å². The predicted octanol–water partition coefficient (Wildman–Crippen LogP) is 5.07. The Bertz CT molecular complexity index is 1960. The minimum atomic E-state index is -0.376. The van der Waals surface area contributed by atoms with E-state index in [1.807, 2.05) is 12.1 Å². The van der Waals surface area contributed by atoms with E-state index >= 15 is 0 Å². The maximum atomic E-state index is 14.9. The van der Waals surface area contributed by atoms with Crippen LogP contribution in [0.1, 0.15) is 18.4 Å². The fourth-order valence-corrected chi connectivity index (χ4v) is 8.14. The molecule has 2 saturated heterocycles. The van der Waals surface area contributed by atoms with Gasteiger partial charge in [0.2, 0.25) is 0 Å². The third kappa shape index (κ3) is 3.05. The molecule has 2 unspecified atom stereocenters. The van der Waals surface area contributed by atoms with Crippen molar-refractivity contribution in [1.29, 1.82) is 0 Å². The highest BCUT2D eigenvalue weighted by Gasteiger charge is 2.34. The average Bonchev–Trinajstić information content (AvgIpc) is 3.70. The number of aromatic amines is 1. The molecule has 0 amide bonds. The number of rotatable bonds is 3. The number of nitrogens with one attached hydrogen (secondary N) is 2. The number of benzene rings is 1. The van der Waals surface area contributed by atoms with Gasteiger partial charge in [-0.25, -0.2) is 0 Å². The molecular formula is C27H20FN7OS2. The van der Waals surface area contributed by atoms with Crippen molar-refractivity contribution in [2.24, 2.45) is 0 Å². The van der Waals surface area contributed by atoms with E-state index in [1.54, 1.807) is 19.5 Å². The normalized spacial score (nSPS) is 19.2. The molecule has 2 N–H and O–H groups in total. The van der Waals surface area contributed by atoms with Gasteiger partial charge in [-0.1, -0.05) is 5.92 Å². The lowest BCUT2D eigenvalue weighted by atomic mass is 9.98. The first-order chi connectivity index (χ1) is 18.6. The molecular weight excluding hydrogens is 521 g/mol. The Hall–Kier alpha value is -3.85. The Morgan fingerprint density at radius 2 is 2.00 bits per heavy atom. The Balaban J connectivity index is 1.45. The number of halogens is 1. The lowest BCUT2D eigenvalue weighted by molar-refractivity contribution is 0.380. The first kappa shape index (κ1) is 22.2. The van der Waals surface area contributed by atoms with Gasteiger partial charge in [0.25, 0.3) is 0 Å². The number of ether oxygens (including phenoxy) is 1. The van der Waals surface area contributed by atoms with Gasteiger partial charge in [-0.2, -0.15) is 19.5 Å². The summed E-state index contributed by atoms with van der Waals surface area (Å²) in [7, 11) is 1.59. The number of H-pyrrole nitrogens is 1. The van der Waals surface area contributed by atoms with E-state index < -0.39 is 0 Å². The molecule has 188 valence electrons. The number of nitrogens with zero attached hydrogens (tertiary/aromatic N) is 5. The van der Waals surface area contributed by atoms with Gasteiger partial charge in [-0.15, -0.1) is 29.1 Å². The van der Waals surface area contributed by atoms with Crippen molar-refractivity contribution in [1.82, 2.24) is 30.5 Å². The summed E-state index contributed by atoms with van der Waals surface area (Å²) in [4.78, 5) is 17.6. The van der Waals surface area contributed by atoms with Gasteiger partial charge in [0.15, 0.2) is 5.13 Å². The maximum absolute atomic E-state index is 14.9. The number of thiophene rings is 2. The monoisotopic (exact) mass is 541 g/mol. The van der Waals surface area contributed by atoms with Gasteiger partial charge in [0.1, 0.15) is 10.6 Å². The molecule has 2 atom stereocenters. The number of piperazine rings is 1. The molecule has 2 bridgehead atoms.